The van der Waals surface area contributed by atoms with E-state index in [0.29, 0.717) is 19.5 Å². The Labute approximate surface area is 441 Å². The molecule has 8 aromatic rings. The maximum absolute atomic E-state index is 12.0. The van der Waals surface area contributed by atoms with Gasteiger partial charge in [-0.25, -0.2) is 23.9 Å². The lowest BCUT2D eigenvalue weighted by Crippen LogP contribution is -2.24. The highest BCUT2D eigenvalue weighted by atomic mass is 36.0. The summed E-state index contributed by atoms with van der Waals surface area (Å²) in [6.07, 6.45) is 0. The van der Waals surface area contributed by atoms with Crippen LogP contribution in [0.1, 0.15) is 58.0 Å². The van der Waals surface area contributed by atoms with E-state index in [1.807, 2.05) is 12.1 Å². The zero-order valence-electron chi connectivity index (χ0n) is 35.0. The van der Waals surface area contributed by atoms with E-state index in [-0.39, 0.29) is 21.6 Å². The largest absolute Gasteiger partial charge is 0.477 e. The number of carboxylic acid groups (broad SMARTS) is 2. The molecule has 0 radical (unpaired) electrons. The number of hydrogen-bond donors (Lipinski definition) is 2. The molecule has 0 bridgehead atoms. The topological polar surface area (TPSA) is 185 Å². The second-order valence-electron chi connectivity index (χ2n) is 12.3. The van der Waals surface area contributed by atoms with E-state index in [4.69, 9.17) is 47.3 Å². The average molecular weight is 1170 g/mol. The van der Waals surface area contributed by atoms with Gasteiger partial charge in [-0.2, -0.15) is 0 Å². The van der Waals surface area contributed by atoms with Crippen molar-refractivity contribution in [1.29, 1.82) is 0 Å². The third-order valence-electron chi connectivity index (χ3n) is 8.00. The fraction of sp³-hybridized carbons (Fsp3) is 0.0952. The minimum atomic E-state index is -1.67. The molecule has 0 aromatic carbocycles. The molecular formula is C42H32Cl4N2O11S9. The lowest BCUT2D eigenvalue weighted by molar-refractivity contribution is -0.0754. The molecule has 8 heterocycles. The summed E-state index contributed by atoms with van der Waals surface area (Å²) in [6, 6.07) is 29.0. The molecule has 2 N–H and O–H groups in total. The van der Waals surface area contributed by atoms with Gasteiger partial charge >= 0.3 is 11.9 Å². The van der Waals surface area contributed by atoms with Gasteiger partial charge in [-0.3, -0.25) is 28.9 Å². The first-order valence-electron chi connectivity index (χ1n) is 18.3. The summed E-state index contributed by atoms with van der Waals surface area (Å²) in [5.74, 6) is -2.34. The van der Waals surface area contributed by atoms with Gasteiger partial charge in [0.25, 0.3) is 22.3 Å². The number of halogens is 4. The zero-order valence-corrected chi connectivity index (χ0v) is 45.4. The van der Waals surface area contributed by atoms with Crippen LogP contribution >= 0.6 is 135 Å². The number of carbonyl (C=O) groups excluding carboxylic acids is 4. The van der Waals surface area contributed by atoms with Gasteiger partial charge in [0.2, 0.25) is 9.23 Å². The summed E-state index contributed by atoms with van der Waals surface area (Å²) < 4.78 is 9.09. The van der Waals surface area contributed by atoms with Crippen LogP contribution in [0.15, 0.2) is 108 Å². The van der Waals surface area contributed by atoms with Crippen molar-refractivity contribution < 1.29 is 52.9 Å². The number of nitrogens with zero attached hydrogens (tertiary/aromatic N) is 2. The van der Waals surface area contributed by atoms with E-state index in [9.17, 15) is 28.8 Å². The highest BCUT2D eigenvalue weighted by Gasteiger charge is 2.19. The van der Waals surface area contributed by atoms with Gasteiger partial charge in [0.15, 0.2) is 0 Å². The molecule has 8 aromatic heterocycles. The molecule has 68 heavy (non-hydrogen) atoms. The van der Waals surface area contributed by atoms with Crippen LogP contribution in [-0.2, 0) is 18.9 Å². The van der Waals surface area contributed by atoms with Crippen molar-refractivity contribution >= 4 is 179 Å². The predicted octanol–water partition coefficient (Wildman–Crippen LogP) is 14.4. The summed E-state index contributed by atoms with van der Waals surface area (Å²) in [6.45, 7) is 0. The smallest absolute Gasteiger partial charge is 0.345 e. The molecular weight excluding hydrogens is 1140 g/mol. The molecule has 0 aliphatic rings. The molecule has 0 aliphatic carbocycles. The Hall–Kier alpha value is -3.95. The Morgan fingerprint density at radius 2 is 0.706 bits per heavy atom. The summed E-state index contributed by atoms with van der Waals surface area (Å²) in [5.41, 5.74) is 0. The van der Waals surface area contributed by atoms with Crippen molar-refractivity contribution in [2.24, 2.45) is 0 Å². The van der Waals surface area contributed by atoms with Crippen LogP contribution in [0.3, 0.4) is 0 Å². The molecule has 358 valence electrons. The molecule has 0 spiro atoms. The quantitative estimate of drug-likeness (QED) is 0.0876. The number of thiophene rings is 8. The van der Waals surface area contributed by atoms with Crippen LogP contribution in [0.4, 0.5) is 0 Å². The molecule has 0 aliphatic heterocycles. The van der Waals surface area contributed by atoms with Crippen molar-refractivity contribution in [3.63, 3.8) is 0 Å². The number of rotatable bonds is 12. The van der Waals surface area contributed by atoms with Crippen LogP contribution in [0.25, 0.3) is 39.0 Å². The van der Waals surface area contributed by atoms with Crippen molar-refractivity contribution in [3.8, 4) is 39.0 Å². The second-order valence-corrected chi connectivity index (χ2v) is 23.9. The highest BCUT2D eigenvalue weighted by Crippen LogP contribution is 2.37. The van der Waals surface area contributed by atoms with Crippen molar-refractivity contribution in [3.05, 3.63) is 137 Å². The van der Waals surface area contributed by atoms with Crippen LogP contribution in [0.2, 0.25) is 0 Å². The third-order valence-corrected chi connectivity index (χ3v) is 17.6. The first-order chi connectivity index (χ1) is 32.3. The van der Waals surface area contributed by atoms with Gasteiger partial charge in [-0.1, -0.05) is 12.1 Å². The molecule has 13 nitrogen and oxygen atoms in total. The first kappa shape index (κ1) is 56.6. The number of hydroxylamine groups is 4. The van der Waals surface area contributed by atoms with Crippen LogP contribution in [0.5, 0.6) is 0 Å². The second kappa shape index (κ2) is 28.0. The summed E-state index contributed by atoms with van der Waals surface area (Å²) in [5, 5.41) is 23.1. The van der Waals surface area contributed by atoms with E-state index in [1.54, 1.807) is 85.3 Å². The zero-order chi connectivity index (χ0) is 50.1. The van der Waals surface area contributed by atoms with E-state index >= 15 is 0 Å². The van der Waals surface area contributed by atoms with Gasteiger partial charge in [0, 0.05) is 74.5 Å². The van der Waals surface area contributed by atoms with Crippen molar-refractivity contribution in [1.82, 2.24) is 10.1 Å². The number of carboxylic acids is 2. The van der Waals surface area contributed by atoms with Gasteiger partial charge in [-0.15, -0.1) is 90.7 Å². The van der Waals surface area contributed by atoms with Crippen molar-refractivity contribution in [2.75, 3.05) is 28.3 Å². The maximum Gasteiger partial charge on any atom is 0.345 e. The van der Waals surface area contributed by atoms with E-state index in [0.717, 1.165) is 51.9 Å². The number of aromatic carboxylic acids is 2. The van der Waals surface area contributed by atoms with Crippen LogP contribution in [-0.4, -0.2) is 87.1 Å². The average Bonchev–Trinajstić information content (AvgIpc) is 4.16. The Balaban J connectivity index is 0.000000197. The SMILES string of the molecule is CON(C)C(=O)c1ccc(-c2ccc(C(=O)N(C)OC)s2)s1.O=C(Cl)c1ccc(-c2ccc(C(=O)Cl)s2)s1.O=C(O)c1ccc(-c2ccc(C(=O)O)s2)s1.O=S(Cl)Cl.c1csc(-c2cccs2)c1. The predicted molar refractivity (Wildman–Crippen MR) is 283 cm³/mol. The van der Waals surface area contributed by atoms with Gasteiger partial charge < -0.3 is 10.2 Å². The van der Waals surface area contributed by atoms with Gasteiger partial charge in [0.05, 0.1) is 33.7 Å². The maximum atomic E-state index is 12.0. The van der Waals surface area contributed by atoms with E-state index < -0.39 is 31.7 Å². The van der Waals surface area contributed by atoms with E-state index in [2.05, 4.69) is 56.4 Å². The number of hydrogen-bond acceptors (Lipinski definition) is 17. The van der Waals surface area contributed by atoms with Gasteiger partial charge in [0.1, 0.15) is 9.75 Å². The third kappa shape index (κ3) is 17.2. The molecule has 26 heteroatoms. The Morgan fingerprint density at radius 1 is 0.456 bits per heavy atom. The monoisotopic (exact) mass is 1170 g/mol. The molecule has 0 saturated heterocycles. The lowest BCUT2D eigenvalue weighted by atomic mass is 10.3. The molecule has 2 amide bonds. The van der Waals surface area contributed by atoms with Crippen molar-refractivity contribution in [2.45, 2.75) is 0 Å². The molecule has 0 unspecified atom stereocenters. The first-order valence-corrected chi connectivity index (χ1v) is 28.5. The molecule has 0 fully saturated rings. The molecule has 8 rings (SSSR count). The molecule has 0 atom stereocenters. The normalized spacial score (nSPS) is 10.2. The number of amides is 2. The fourth-order valence-corrected chi connectivity index (χ4v) is 12.3. The Bertz CT molecular complexity index is 2650. The van der Waals surface area contributed by atoms with E-state index in [1.165, 1.54) is 91.6 Å². The highest BCUT2D eigenvalue weighted by molar-refractivity contribution is 8.26. The number of carbonyl (C=O) groups is 6. The lowest BCUT2D eigenvalue weighted by Gasteiger charge is -2.11. The fourth-order valence-electron chi connectivity index (χ4n) is 4.81. The Morgan fingerprint density at radius 3 is 0.912 bits per heavy atom. The Kier molecular flexibility index (Phi) is 23.4. The summed E-state index contributed by atoms with van der Waals surface area (Å²) >= 11 is 21.9. The molecule has 0 saturated carbocycles. The minimum absolute atomic E-state index is 0.203. The standard InChI is InChI=1S/C14H16N2O4S2.C10H4Cl2O2S2.C10H6O4S2.C8H6S2.Cl2OS/c1-15(19-3)13(17)11-7-5-9(21-11)10-6-8-12(22-10)14(18)16(2)20-4;11-9(13)7-3-1-5(15-7)6-2-4-8(16-6)10(12)14;11-9(12)7-3-1-5(15-7)6-2-4-8(16-6)10(13)14;1-3-7(9-5-1)8-4-2-6-10-8;1-4(2)3/h5-8H,1-4H3;1-4H;1-4H,(H,11,12)(H,13,14);1-6H;. The van der Waals surface area contributed by atoms with Gasteiger partial charge in [-0.05, 0) is 119 Å². The van der Waals surface area contributed by atoms with Crippen LogP contribution in [0, 0.1) is 0 Å². The summed E-state index contributed by atoms with van der Waals surface area (Å²) in [4.78, 5) is 87.5. The van der Waals surface area contributed by atoms with Crippen LogP contribution < -0.4 is 0 Å². The summed E-state index contributed by atoms with van der Waals surface area (Å²) in [7, 11) is 13.4. The minimum Gasteiger partial charge on any atom is -0.477 e.